The summed E-state index contributed by atoms with van der Waals surface area (Å²) < 4.78 is 0. The molecule has 2 atom stereocenters. The number of nitrogens with zero attached hydrogens (tertiary/aromatic N) is 1. The first-order chi connectivity index (χ1) is 13.1. The quantitative estimate of drug-likeness (QED) is 0.506. The predicted octanol–water partition coefficient (Wildman–Crippen LogP) is 0.679. The lowest BCUT2D eigenvalue weighted by atomic mass is 10.0. The maximum atomic E-state index is 12.7. The first kappa shape index (κ1) is 18.1. The average molecular weight is 370 g/mol. The monoisotopic (exact) mass is 370 g/mol. The van der Waals surface area contributed by atoms with Crippen LogP contribution in [-0.2, 0) is 22.7 Å². The third kappa shape index (κ3) is 3.89. The number of benzene rings is 1. The van der Waals surface area contributed by atoms with Crippen molar-refractivity contribution in [3.63, 3.8) is 0 Å². The van der Waals surface area contributed by atoms with Gasteiger partial charge in [-0.05, 0) is 56.0 Å². The van der Waals surface area contributed by atoms with E-state index in [2.05, 4.69) is 22.0 Å². The number of rotatable bonds is 6. The Morgan fingerprint density at radius 1 is 1.19 bits per heavy atom. The molecule has 3 aliphatic heterocycles. The summed E-state index contributed by atoms with van der Waals surface area (Å²) in [6, 6.07) is 5.98. The van der Waals surface area contributed by atoms with E-state index in [9.17, 15) is 14.4 Å². The summed E-state index contributed by atoms with van der Waals surface area (Å²) in [7, 11) is 0. The van der Waals surface area contributed by atoms with Crippen molar-refractivity contribution in [3.8, 4) is 0 Å². The first-order valence-corrected chi connectivity index (χ1v) is 9.82. The molecule has 7 nitrogen and oxygen atoms in total. The second-order valence-electron chi connectivity index (χ2n) is 7.65. The molecule has 0 aliphatic carbocycles. The predicted molar refractivity (Wildman–Crippen MR) is 99.8 cm³/mol. The van der Waals surface area contributed by atoms with Gasteiger partial charge in [-0.15, -0.1) is 0 Å². The van der Waals surface area contributed by atoms with Crippen molar-refractivity contribution >= 4 is 17.7 Å². The maximum absolute atomic E-state index is 12.7. The minimum atomic E-state index is -0.553. The van der Waals surface area contributed by atoms with Crippen LogP contribution in [0, 0.1) is 0 Å². The van der Waals surface area contributed by atoms with Gasteiger partial charge in [-0.25, -0.2) is 0 Å². The van der Waals surface area contributed by atoms with Crippen LogP contribution in [-0.4, -0.2) is 47.8 Å². The molecule has 3 aliphatic rings. The van der Waals surface area contributed by atoms with Gasteiger partial charge in [-0.2, -0.15) is 0 Å². The lowest BCUT2D eigenvalue weighted by Gasteiger charge is -2.29. The molecule has 1 aromatic rings. The van der Waals surface area contributed by atoms with Crippen LogP contribution < -0.4 is 16.0 Å². The van der Waals surface area contributed by atoms with E-state index in [0.717, 1.165) is 37.2 Å². The SMILES string of the molecule is O=C1CCC(N2Cc3cc(CNCC[C@H]4CCCN4)ccc3C2=O)C(=O)N1. The van der Waals surface area contributed by atoms with Crippen LogP contribution in [0.5, 0.6) is 0 Å². The molecular weight excluding hydrogens is 344 g/mol. The highest BCUT2D eigenvalue weighted by Gasteiger charge is 2.38. The van der Waals surface area contributed by atoms with Gasteiger partial charge in [-0.1, -0.05) is 12.1 Å². The van der Waals surface area contributed by atoms with Gasteiger partial charge in [0.15, 0.2) is 0 Å². The van der Waals surface area contributed by atoms with Crippen molar-refractivity contribution < 1.29 is 14.4 Å². The van der Waals surface area contributed by atoms with Gasteiger partial charge in [0, 0.05) is 31.1 Å². The molecule has 3 amide bonds. The molecule has 2 saturated heterocycles. The third-order valence-electron chi connectivity index (χ3n) is 5.75. The molecule has 0 saturated carbocycles. The fourth-order valence-corrected chi connectivity index (χ4v) is 4.25. The highest BCUT2D eigenvalue weighted by Crippen LogP contribution is 2.28. The van der Waals surface area contributed by atoms with E-state index < -0.39 is 6.04 Å². The molecular formula is C20H26N4O3. The van der Waals surface area contributed by atoms with Crippen LogP contribution in [0.2, 0.25) is 0 Å². The molecule has 1 unspecified atom stereocenters. The Bertz CT molecular complexity index is 758. The van der Waals surface area contributed by atoms with E-state index in [1.54, 1.807) is 4.90 Å². The standard InChI is InChI=1S/C20H26N4O3/c25-18-6-5-17(19(26)23-18)24-12-14-10-13(3-4-16(14)20(24)27)11-21-9-7-15-2-1-8-22-15/h3-4,10,15,17,21-22H,1-2,5-9,11-12H2,(H,23,25,26)/t15-,17?/m1/s1. The van der Waals surface area contributed by atoms with Crippen molar-refractivity contribution in [2.75, 3.05) is 13.1 Å². The van der Waals surface area contributed by atoms with Crippen molar-refractivity contribution in [2.45, 2.75) is 57.3 Å². The molecule has 3 N–H and O–H groups in total. The zero-order chi connectivity index (χ0) is 18.8. The van der Waals surface area contributed by atoms with E-state index in [1.165, 1.54) is 12.8 Å². The van der Waals surface area contributed by atoms with Gasteiger partial charge in [0.1, 0.15) is 6.04 Å². The molecule has 144 valence electrons. The molecule has 4 rings (SSSR count). The highest BCUT2D eigenvalue weighted by atomic mass is 16.2. The minimum Gasteiger partial charge on any atom is -0.322 e. The normalized spacial score (nSPS) is 25.0. The van der Waals surface area contributed by atoms with Gasteiger partial charge in [0.25, 0.3) is 5.91 Å². The summed E-state index contributed by atoms with van der Waals surface area (Å²) in [5.41, 5.74) is 2.77. The first-order valence-electron chi connectivity index (χ1n) is 9.82. The molecule has 3 heterocycles. The minimum absolute atomic E-state index is 0.119. The Hall–Kier alpha value is -2.25. The van der Waals surface area contributed by atoms with Crippen LogP contribution in [0.4, 0.5) is 0 Å². The molecule has 2 fully saturated rings. The zero-order valence-corrected chi connectivity index (χ0v) is 15.4. The van der Waals surface area contributed by atoms with Crippen molar-refractivity contribution in [3.05, 3.63) is 34.9 Å². The van der Waals surface area contributed by atoms with Crippen LogP contribution in [0.1, 0.15) is 53.6 Å². The summed E-state index contributed by atoms with van der Waals surface area (Å²) >= 11 is 0. The van der Waals surface area contributed by atoms with E-state index in [-0.39, 0.29) is 24.1 Å². The average Bonchev–Trinajstić information content (AvgIpc) is 3.27. The Kier molecular flexibility index (Phi) is 5.22. The largest absolute Gasteiger partial charge is 0.322 e. The number of piperidine rings is 1. The zero-order valence-electron chi connectivity index (χ0n) is 15.4. The van der Waals surface area contributed by atoms with E-state index in [4.69, 9.17) is 0 Å². The number of hydrogen-bond acceptors (Lipinski definition) is 5. The second kappa shape index (κ2) is 7.78. The lowest BCUT2D eigenvalue weighted by molar-refractivity contribution is -0.136. The summed E-state index contributed by atoms with van der Waals surface area (Å²) in [6.07, 6.45) is 4.34. The molecule has 27 heavy (non-hydrogen) atoms. The number of hydrogen-bond donors (Lipinski definition) is 3. The number of amides is 3. The number of fused-ring (bicyclic) bond motifs is 1. The summed E-state index contributed by atoms with van der Waals surface area (Å²) in [5.74, 6) is -0.747. The third-order valence-corrected chi connectivity index (χ3v) is 5.75. The molecule has 0 aromatic heterocycles. The smallest absolute Gasteiger partial charge is 0.255 e. The number of nitrogens with one attached hydrogen (secondary N) is 3. The molecule has 0 spiro atoms. The topological polar surface area (TPSA) is 90.5 Å². The molecule has 0 bridgehead atoms. The fraction of sp³-hybridized carbons (Fsp3) is 0.550. The van der Waals surface area contributed by atoms with E-state index in [1.807, 2.05) is 12.1 Å². The number of imide groups is 1. The van der Waals surface area contributed by atoms with Gasteiger partial charge in [-0.3, -0.25) is 19.7 Å². The van der Waals surface area contributed by atoms with Crippen molar-refractivity contribution in [1.82, 2.24) is 20.9 Å². The van der Waals surface area contributed by atoms with Gasteiger partial charge >= 0.3 is 0 Å². The van der Waals surface area contributed by atoms with E-state index in [0.29, 0.717) is 24.6 Å². The Labute approximate surface area is 158 Å². The molecule has 1 aromatic carbocycles. The van der Waals surface area contributed by atoms with Crippen molar-refractivity contribution in [2.24, 2.45) is 0 Å². The summed E-state index contributed by atoms with van der Waals surface area (Å²) in [4.78, 5) is 37.7. The summed E-state index contributed by atoms with van der Waals surface area (Å²) in [6.45, 7) is 3.30. The Morgan fingerprint density at radius 2 is 2.07 bits per heavy atom. The van der Waals surface area contributed by atoms with Crippen molar-refractivity contribution in [1.29, 1.82) is 0 Å². The maximum Gasteiger partial charge on any atom is 0.255 e. The van der Waals surface area contributed by atoms with E-state index >= 15 is 0 Å². The van der Waals surface area contributed by atoms with Gasteiger partial charge in [0.05, 0.1) is 0 Å². The molecule has 7 heteroatoms. The lowest BCUT2D eigenvalue weighted by Crippen LogP contribution is -2.52. The summed E-state index contributed by atoms with van der Waals surface area (Å²) in [5, 5.41) is 9.31. The van der Waals surface area contributed by atoms with Crippen LogP contribution in [0.25, 0.3) is 0 Å². The molecule has 0 radical (unpaired) electrons. The second-order valence-corrected chi connectivity index (χ2v) is 7.65. The van der Waals surface area contributed by atoms with Crippen LogP contribution in [0.15, 0.2) is 18.2 Å². The van der Waals surface area contributed by atoms with Crippen LogP contribution in [0.3, 0.4) is 0 Å². The number of carbonyl (C=O) groups excluding carboxylic acids is 3. The van der Waals surface area contributed by atoms with Gasteiger partial charge in [0.2, 0.25) is 11.8 Å². The number of carbonyl (C=O) groups is 3. The fourth-order valence-electron chi connectivity index (χ4n) is 4.25. The van der Waals surface area contributed by atoms with Crippen LogP contribution >= 0.6 is 0 Å². The Morgan fingerprint density at radius 3 is 2.85 bits per heavy atom. The highest BCUT2D eigenvalue weighted by molar-refractivity contribution is 6.05. The Balaban J connectivity index is 1.34. The van der Waals surface area contributed by atoms with Gasteiger partial charge < -0.3 is 15.5 Å².